The molecule has 2 rings (SSSR count). The van der Waals surface area contributed by atoms with Gasteiger partial charge < -0.3 is 28.9 Å². The van der Waals surface area contributed by atoms with E-state index in [9.17, 15) is 0 Å². The Labute approximate surface area is 124 Å². The predicted octanol–water partition coefficient (Wildman–Crippen LogP) is -0.164. The van der Waals surface area contributed by atoms with Gasteiger partial charge >= 0.3 is 0 Å². The van der Waals surface area contributed by atoms with Crippen molar-refractivity contribution in [2.75, 3.05) is 7.05 Å². The van der Waals surface area contributed by atoms with E-state index in [1.54, 1.807) is 11.8 Å². The molecule has 0 saturated carbocycles. The van der Waals surface area contributed by atoms with Gasteiger partial charge in [-0.15, -0.1) is 0 Å². The fourth-order valence-corrected chi connectivity index (χ4v) is 2.58. The standard InChI is InChI=1S/C13H17N2S.HI/c1-4-15-8-6-5-7-12(15)9-13-14(3)11(2)10-16-13;/h5-10H,4H2,1-3H3;1H/q+1;/p-1. The van der Waals surface area contributed by atoms with E-state index >= 15 is 0 Å². The molecule has 2 nitrogen and oxygen atoms in total. The van der Waals surface area contributed by atoms with Crippen molar-refractivity contribution >= 4 is 17.8 Å². The van der Waals surface area contributed by atoms with Gasteiger partial charge in [0, 0.05) is 31.0 Å². The predicted molar refractivity (Wildman–Crippen MR) is 69.4 cm³/mol. The summed E-state index contributed by atoms with van der Waals surface area (Å²) in [7, 11) is 2.11. The second kappa shape index (κ2) is 6.44. The third kappa shape index (κ3) is 3.25. The van der Waals surface area contributed by atoms with Crippen LogP contribution in [0, 0.1) is 0 Å². The highest BCUT2D eigenvalue weighted by Gasteiger charge is 2.15. The smallest absolute Gasteiger partial charge is 0.207 e. The molecule has 4 heteroatoms. The van der Waals surface area contributed by atoms with Crippen LogP contribution in [0.4, 0.5) is 0 Å². The van der Waals surface area contributed by atoms with Crippen LogP contribution in [0.1, 0.15) is 19.5 Å². The summed E-state index contributed by atoms with van der Waals surface area (Å²) < 4.78 is 2.25. The quantitative estimate of drug-likeness (QED) is 0.535. The van der Waals surface area contributed by atoms with E-state index in [2.05, 4.69) is 66.2 Å². The molecule has 0 saturated heterocycles. The molecule has 92 valence electrons. The summed E-state index contributed by atoms with van der Waals surface area (Å²) in [5.41, 5.74) is 2.55. The number of hydrogen-bond acceptors (Lipinski definition) is 2. The van der Waals surface area contributed by atoms with Crippen LogP contribution in [0.3, 0.4) is 0 Å². The average Bonchev–Trinajstić information content (AvgIpc) is 2.62. The first-order chi connectivity index (χ1) is 7.72. The van der Waals surface area contributed by atoms with Crippen molar-refractivity contribution in [3.05, 3.63) is 46.2 Å². The van der Waals surface area contributed by atoms with Crippen molar-refractivity contribution in [3.8, 4) is 0 Å². The third-order valence-electron chi connectivity index (χ3n) is 2.80. The summed E-state index contributed by atoms with van der Waals surface area (Å²) >= 11 is 1.78. The van der Waals surface area contributed by atoms with Crippen LogP contribution in [0.5, 0.6) is 0 Å². The van der Waals surface area contributed by atoms with Gasteiger partial charge in [0.25, 0.3) is 0 Å². The number of nitrogens with zero attached hydrogens (tertiary/aromatic N) is 2. The van der Waals surface area contributed by atoms with Gasteiger partial charge in [0.15, 0.2) is 6.20 Å². The second-order valence-corrected chi connectivity index (χ2v) is 4.72. The molecule has 1 aromatic rings. The molecule has 0 atom stereocenters. The maximum Gasteiger partial charge on any atom is 0.207 e. The van der Waals surface area contributed by atoms with Gasteiger partial charge in [0.1, 0.15) is 6.54 Å². The number of hydrogen-bond donors (Lipinski definition) is 0. The topological polar surface area (TPSA) is 7.12 Å². The minimum atomic E-state index is 0. The van der Waals surface area contributed by atoms with Gasteiger partial charge in [0.2, 0.25) is 5.69 Å². The Balaban J connectivity index is 0.00000144. The summed E-state index contributed by atoms with van der Waals surface area (Å²) in [6.07, 6.45) is 4.35. The number of aromatic nitrogens is 1. The van der Waals surface area contributed by atoms with E-state index in [1.807, 2.05) is 0 Å². The summed E-state index contributed by atoms with van der Waals surface area (Å²) in [4.78, 5) is 2.22. The SMILES string of the molecule is CC[n+]1ccccc1/C=C1\SC=C(C)N1C.[I-]. The van der Waals surface area contributed by atoms with Crippen molar-refractivity contribution in [1.29, 1.82) is 0 Å². The van der Waals surface area contributed by atoms with Crippen LogP contribution in [-0.4, -0.2) is 11.9 Å². The van der Waals surface area contributed by atoms with Gasteiger partial charge in [-0.05, 0) is 25.3 Å². The van der Waals surface area contributed by atoms with Gasteiger partial charge in [0.05, 0.1) is 5.03 Å². The highest BCUT2D eigenvalue weighted by molar-refractivity contribution is 8.06. The number of halogens is 1. The summed E-state index contributed by atoms with van der Waals surface area (Å²) in [6.45, 7) is 5.30. The normalized spacial score (nSPS) is 17.0. The zero-order valence-electron chi connectivity index (χ0n) is 10.4. The van der Waals surface area contributed by atoms with Crippen molar-refractivity contribution in [2.45, 2.75) is 20.4 Å². The maximum atomic E-state index is 2.25. The lowest BCUT2D eigenvalue weighted by Crippen LogP contribution is -3.00. The highest BCUT2D eigenvalue weighted by atomic mass is 127. The molecule has 0 amide bonds. The molecule has 0 aromatic carbocycles. The lowest BCUT2D eigenvalue weighted by molar-refractivity contribution is -0.695. The molecular formula is C13H17IN2S. The van der Waals surface area contributed by atoms with E-state index in [4.69, 9.17) is 0 Å². The Kier molecular flexibility index (Phi) is 5.52. The third-order valence-corrected chi connectivity index (χ3v) is 3.89. The molecule has 0 radical (unpaired) electrons. The molecule has 1 aromatic heterocycles. The summed E-state index contributed by atoms with van der Waals surface area (Å²) in [5, 5.41) is 3.47. The number of aryl methyl sites for hydroxylation is 1. The average molecular weight is 360 g/mol. The van der Waals surface area contributed by atoms with Crippen LogP contribution < -0.4 is 28.5 Å². The largest absolute Gasteiger partial charge is 1.00 e. The molecule has 0 N–H and O–H groups in total. The van der Waals surface area contributed by atoms with Gasteiger partial charge in [-0.1, -0.05) is 11.8 Å². The molecular weight excluding hydrogens is 343 g/mol. The van der Waals surface area contributed by atoms with Gasteiger partial charge in [-0.3, -0.25) is 0 Å². The van der Waals surface area contributed by atoms with Crippen molar-refractivity contribution in [1.82, 2.24) is 4.90 Å². The van der Waals surface area contributed by atoms with Crippen molar-refractivity contribution in [2.24, 2.45) is 0 Å². The van der Waals surface area contributed by atoms with Crippen LogP contribution in [0.15, 0.2) is 40.5 Å². The van der Waals surface area contributed by atoms with E-state index in [0.717, 1.165) is 6.54 Å². The van der Waals surface area contributed by atoms with Gasteiger partial charge in [-0.2, -0.15) is 4.57 Å². The Morgan fingerprint density at radius 1 is 1.41 bits per heavy atom. The number of rotatable bonds is 2. The molecule has 1 aliphatic heterocycles. The number of allylic oxidation sites excluding steroid dienone is 1. The first-order valence-electron chi connectivity index (χ1n) is 5.49. The lowest BCUT2D eigenvalue weighted by Gasteiger charge is -2.13. The van der Waals surface area contributed by atoms with E-state index in [0.29, 0.717) is 0 Å². The summed E-state index contributed by atoms with van der Waals surface area (Å²) in [6, 6.07) is 6.30. The number of pyridine rings is 1. The lowest BCUT2D eigenvalue weighted by atomic mass is 10.3. The first-order valence-corrected chi connectivity index (χ1v) is 6.37. The van der Waals surface area contributed by atoms with Crippen LogP contribution >= 0.6 is 11.8 Å². The summed E-state index contributed by atoms with van der Waals surface area (Å²) in [5.74, 6) is 0. The zero-order valence-corrected chi connectivity index (χ0v) is 13.3. The Hall–Kier alpha value is -0.490. The van der Waals surface area contributed by atoms with Crippen molar-refractivity contribution in [3.63, 3.8) is 0 Å². The highest BCUT2D eigenvalue weighted by Crippen LogP contribution is 2.33. The molecule has 2 heterocycles. The molecule has 0 spiro atoms. The van der Waals surface area contributed by atoms with E-state index in [1.165, 1.54) is 16.4 Å². The van der Waals surface area contributed by atoms with Crippen LogP contribution in [0.25, 0.3) is 6.08 Å². The molecule has 1 aliphatic rings. The molecule has 0 aliphatic carbocycles. The Morgan fingerprint density at radius 2 is 2.18 bits per heavy atom. The monoisotopic (exact) mass is 360 g/mol. The molecule has 0 fully saturated rings. The fourth-order valence-electron chi connectivity index (χ4n) is 1.64. The minimum absolute atomic E-state index is 0. The fraction of sp³-hybridized carbons (Fsp3) is 0.308. The van der Waals surface area contributed by atoms with E-state index in [-0.39, 0.29) is 24.0 Å². The van der Waals surface area contributed by atoms with Crippen molar-refractivity contribution < 1.29 is 28.5 Å². The zero-order chi connectivity index (χ0) is 11.5. The first kappa shape index (κ1) is 14.6. The van der Waals surface area contributed by atoms with E-state index < -0.39 is 0 Å². The maximum absolute atomic E-state index is 2.25. The van der Waals surface area contributed by atoms with Crippen LogP contribution in [-0.2, 0) is 6.54 Å². The van der Waals surface area contributed by atoms with Gasteiger partial charge in [-0.25, -0.2) is 0 Å². The number of thioether (sulfide) groups is 1. The minimum Gasteiger partial charge on any atom is -1.00 e. The molecule has 0 unspecified atom stereocenters. The van der Waals surface area contributed by atoms with Crippen LogP contribution in [0.2, 0.25) is 0 Å². The molecule has 0 bridgehead atoms. The Bertz CT molecular complexity index is 454. The Morgan fingerprint density at radius 3 is 2.76 bits per heavy atom. The second-order valence-electron chi connectivity index (χ2n) is 3.83. The molecule has 17 heavy (non-hydrogen) atoms.